The van der Waals surface area contributed by atoms with Crippen LogP contribution in [0, 0.1) is 19.7 Å². The fourth-order valence-corrected chi connectivity index (χ4v) is 10.5. The molecule has 25 nitrogen and oxygen atoms in total. The molecule has 14 rings (SSSR count). The van der Waals surface area contributed by atoms with Gasteiger partial charge in [-0.1, -0.05) is 67.6 Å². The van der Waals surface area contributed by atoms with E-state index in [1.807, 2.05) is 74.6 Å². The van der Waals surface area contributed by atoms with Gasteiger partial charge in [-0.2, -0.15) is 19.3 Å². The lowest BCUT2D eigenvalue weighted by Crippen LogP contribution is -2.52. The number of rotatable bonds is 11. The first-order chi connectivity index (χ1) is 38.4. The largest absolute Gasteiger partial charge is 0.437 e. The minimum absolute atomic E-state index is 0. The molecule has 2 aliphatic heterocycles. The van der Waals surface area contributed by atoms with Crippen LogP contribution in [0.4, 0.5) is 4.39 Å². The summed E-state index contributed by atoms with van der Waals surface area (Å²) in [6, 6.07) is 21.9. The van der Waals surface area contributed by atoms with E-state index < -0.39 is 34.4 Å². The van der Waals surface area contributed by atoms with Gasteiger partial charge < -0.3 is 42.6 Å². The summed E-state index contributed by atoms with van der Waals surface area (Å²) in [4.78, 5) is 66.2. The van der Waals surface area contributed by atoms with Gasteiger partial charge in [-0.25, -0.2) is 23.9 Å². The minimum Gasteiger partial charge on any atom is -0.389 e. The Bertz CT molecular complexity index is 4330. The van der Waals surface area contributed by atoms with Crippen molar-refractivity contribution in [1.29, 1.82) is 0 Å². The second-order valence-electron chi connectivity index (χ2n) is 19.2. The van der Waals surface area contributed by atoms with Crippen molar-refractivity contribution < 1.29 is 27.0 Å². The molecule has 6 N–H and O–H groups in total. The number of pyridine rings is 2. The van der Waals surface area contributed by atoms with Gasteiger partial charge in [0.15, 0.2) is 0 Å². The maximum Gasteiger partial charge on any atom is 0.437 e. The lowest BCUT2D eigenvalue weighted by Gasteiger charge is -2.37. The molecule has 0 bridgehead atoms. The van der Waals surface area contributed by atoms with Crippen LogP contribution in [-0.2, 0) is 48.9 Å². The molecule has 4 atom stereocenters. The highest BCUT2D eigenvalue weighted by molar-refractivity contribution is 5.87. The average molecular weight is 1100 g/mol. The first-order valence-corrected chi connectivity index (χ1v) is 25.1. The van der Waals surface area contributed by atoms with Gasteiger partial charge in [0.25, 0.3) is 17.7 Å². The van der Waals surface area contributed by atoms with E-state index in [1.165, 1.54) is 24.9 Å². The number of hydrogen-bond donors (Lipinski definition) is 6. The highest BCUT2D eigenvalue weighted by atomic mass is 19.1. The summed E-state index contributed by atoms with van der Waals surface area (Å²) in [5.41, 5.74) is 6.11. The van der Waals surface area contributed by atoms with Crippen LogP contribution in [0.5, 0.6) is 0 Å². The standard InChI is InChI=1S/C27H25N9O3.C26H22FN9O4.2CH4/c1-4-36-26(37)38-25(34-36)27(24-30-15(3)39-35-24)22-17(16-7-5-6-8-18(16)31-22)11-20(33-27)23-29-13-21(32-23)19-10-9-14(2)12-28-19;1-36-25(37)39-24(34-36)26(23-32-20(12-38-2)40-35-23)21-15(14-5-3-4-6-16(14)30-21)9-18(33-26)22-29-11-19(31-22)17-8-7-13(27)10-28-17;;/h5-10,12-13,20,31,33H,4,11H2,1-3H3,(H,29,32);3-8,10-11,18,30,33H,9,12H2,1-2H3,(H,29,31);2*1H4/t20-,27?;18-,26?;;/m11../s1. The summed E-state index contributed by atoms with van der Waals surface area (Å²) in [5, 5.41) is 26.8. The molecule has 2 unspecified atom stereocenters. The Balaban J connectivity index is 0.000000166. The Hall–Kier alpha value is -9.79. The first-order valence-electron chi connectivity index (χ1n) is 25.1. The summed E-state index contributed by atoms with van der Waals surface area (Å²) in [6.45, 7) is 5.97. The van der Waals surface area contributed by atoms with Crippen molar-refractivity contribution in [2.24, 2.45) is 7.05 Å². The Morgan fingerprint density at radius 3 is 1.73 bits per heavy atom. The van der Waals surface area contributed by atoms with E-state index in [0.717, 1.165) is 66.5 Å². The van der Waals surface area contributed by atoms with Gasteiger partial charge in [0.2, 0.25) is 28.6 Å². The number of nitrogens with zero attached hydrogens (tertiary/aromatic N) is 12. The van der Waals surface area contributed by atoms with E-state index in [-0.39, 0.29) is 56.8 Å². The van der Waals surface area contributed by atoms with Crippen LogP contribution >= 0.6 is 0 Å². The van der Waals surface area contributed by atoms with Gasteiger partial charge in [0, 0.05) is 55.6 Å². The SMILES string of the molecule is C.C.CCn1nc(C2(c3noc(C)n3)N[C@@H](c3ncc(-c4ccc(C)cn4)[nH]3)Cc3c2[nH]c2ccccc32)oc1=O.COCc1nc(C2(c3nn(C)c(=O)o3)N[C@@H](c3ncc(-c4ccc(F)cn4)[nH]3)Cc3c2[nH]c2ccccc32)no1. The molecule has 0 saturated heterocycles. The van der Waals surface area contributed by atoms with E-state index in [4.69, 9.17) is 27.6 Å². The van der Waals surface area contributed by atoms with Crippen molar-refractivity contribution in [3.05, 3.63) is 199 Å². The van der Waals surface area contributed by atoms with E-state index >= 15 is 0 Å². The Morgan fingerprint density at radius 2 is 1.22 bits per heavy atom. The number of fused-ring (bicyclic) bond motifs is 6. The molecule has 81 heavy (non-hydrogen) atoms. The number of para-hydroxylation sites is 2. The van der Waals surface area contributed by atoms with Gasteiger partial charge in [-0.15, -0.1) is 10.2 Å². The van der Waals surface area contributed by atoms with E-state index in [9.17, 15) is 14.0 Å². The first kappa shape index (κ1) is 53.2. The fraction of sp³-hybridized carbons (Fsp3) is 0.273. The molecule has 414 valence electrons. The van der Waals surface area contributed by atoms with Crippen LogP contribution in [0.1, 0.15) is 109 Å². The topological polar surface area (TPSA) is 322 Å². The third-order valence-corrected chi connectivity index (χ3v) is 14.2. The molecule has 0 aliphatic carbocycles. The molecular weight excluding hydrogens is 1040 g/mol. The van der Waals surface area contributed by atoms with Crippen LogP contribution in [0.2, 0.25) is 0 Å². The quantitative estimate of drug-likeness (QED) is 0.0755. The zero-order chi connectivity index (χ0) is 54.2. The normalized spacial score (nSPS) is 18.4. The molecule has 2 aliphatic rings. The zero-order valence-corrected chi connectivity index (χ0v) is 42.8. The number of benzene rings is 2. The monoisotopic (exact) mass is 1100 g/mol. The molecule has 10 aromatic heterocycles. The van der Waals surface area contributed by atoms with Crippen molar-refractivity contribution in [1.82, 2.24) is 90.3 Å². The van der Waals surface area contributed by atoms with Crippen molar-refractivity contribution in [3.8, 4) is 22.8 Å². The number of hydrogen-bond acceptors (Lipinski definition) is 19. The molecule has 0 saturated carbocycles. The number of imidazole rings is 2. The van der Waals surface area contributed by atoms with E-state index in [1.54, 1.807) is 25.4 Å². The molecule has 2 aromatic carbocycles. The second kappa shape index (κ2) is 20.8. The van der Waals surface area contributed by atoms with Gasteiger partial charge >= 0.3 is 11.5 Å². The van der Waals surface area contributed by atoms with Gasteiger partial charge in [0.05, 0.1) is 64.8 Å². The van der Waals surface area contributed by atoms with Crippen molar-refractivity contribution in [3.63, 3.8) is 0 Å². The molecule has 12 aromatic rings. The second-order valence-corrected chi connectivity index (χ2v) is 19.2. The average Bonchev–Trinajstić information content (AvgIpc) is 4.50. The van der Waals surface area contributed by atoms with Gasteiger partial charge in [-0.05, 0) is 73.7 Å². The summed E-state index contributed by atoms with van der Waals surface area (Å²) in [6.07, 6.45) is 7.47. The molecule has 0 fully saturated rings. The number of aromatic nitrogens is 16. The minimum atomic E-state index is -1.46. The maximum atomic E-state index is 13.5. The molecular formula is C55H55FN18O7. The van der Waals surface area contributed by atoms with E-state index in [2.05, 4.69) is 82.1 Å². The number of ether oxygens (including phenoxy) is 1. The van der Waals surface area contributed by atoms with Crippen LogP contribution in [-0.4, -0.2) is 86.8 Å². The molecule has 12 heterocycles. The van der Waals surface area contributed by atoms with Crippen LogP contribution in [0.3, 0.4) is 0 Å². The predicted molar refractivity (Wildman–Crippen MR) is 290 cm³/mol. The molecule has 0 spiro atoms. The van der Waals surface area contributed by atoms with Gasteiger partial charge in [-0.3, -0.25) is 20.6 Å². The predicted octanol–water partition coefficient (Wildman–Crippen LogP) is 7.06. The highest BCUT2D eigenvalue weighted by Gasteiger charge is 2.55. The summed E-state index contributed by atoms with van der Waals surface area (Å²) < 4.78 is 43.4. The molecule has 26 heteroatoms. The van der Waals surface area contributed by atoms with Crippen molar-refractivity contribution in [2.75, 3.05) is 7.11 Å². The third kappa shape index (κ3) is 8.93. The molecule has 0 amide bonds. The van der Waals surface area contributed by atoms with Crippen LogP contribution in [0.25, 0.3) is 44.6 Å². The van der Waals surface area contributed by atoms with Crippen LogP contribution < -0.4 is 22.1 Å². The Morgan fingerprint density at radius 1 is 0.667 bits per heavy atom. The number of nitrogens with one attached hydrogen (secondary N) is 6. The van der Waals surface area contributed by atoms with Crippen molar-refractivity contribution >= 4 is 21.8 Å². The Kier molecular flexibility index (Phi) is 13.7. The van der Waals surface area contributed by atoms with E-state index in [0.29, 0.717) is 54.0 Å². The van der Waals surface area contributed by atoms with Crippen LogP contribution in [0.15, 0.2) is 125 Å². The lowest BCUT2D eigenvalue weighted by molar-refractivity contribution is 0.151. The summed E-state index contributed by atoms with van der Waals surface area (Å²) >= 11 is 0. The van der Waals surface area contributed by atoms with Crippen molar-refractivity contribution in [2.45, 2.75) is 84.8 Å². The summed E-state index contributed by atoms with van der Waals surface area (Å²) in [5.74, 6) is 0.783. The lowest BCUT2D eigenvalue weighted by atomic mass is 9.82. The summed E-state index contributed by atoms with van der Waals surface area (Å²) in [7, 11) is 3.02. The number of aryl methyl sites for hydroxylation is 4. The number of H-pyrrole nitrogens is 4. The number of halogens is 1. The smallest absolute Gasteiger partial charge is 0.389 e. The number of methoxy groups -OCH3 is 1. The van der Waals surface area contributed by atoms with Gasteiger partial charge in [0.1, 0.15) is 24.1 Å². The fourth-order valence-electron chi connectivity index (χ4n) is 10.5. The zero-order valence-electron chi connectivity index (χ0n) is 42.8. The molecule has 0 radical (unpaired) electrons. The third-order valence-electron chi connectivity index (χ3n) is 14.2. The maximum absolute atomic E-state index is 13.5. The Labute approximate surface area is 458 Å². The highest BCUT2D eigenvalue weighted by Crippen LogP contribution is 2.47. The number of aromatic amines is 4.